The van der Waals surface area contributed by atoms with Crippen LogP contribution in [0.2, 0.25) is 5.02 Å². The molecule has 0 radical (unpaired) electrons. The predicted molar refractivity (Wildman–Crippen MR) is 84.9 cm³/mol. The summed E-state index contributed by atoms with van der Waals surface area (Å²) in [5.74, 6) is 0. The summed E-state index contributed by atoms with van der Waals surface area (Å²) in [6.45, 7) is 6.82. The molecule has 1 aliphatic heterocycles. The number of benzene rings is 1. The normalized spacial score (nSPS) is 15.4. The highest BCUT2D eigenvalue weighted by Crippen LogP contribution is 2.10. The number of nitrogens with zero attached hydrogens (tertiary/aromatic N) is 1. The number of hydrogen-bond donors (Lipinski definition) is 1. The van der Waals surface area contributed by atoms with Crippen molar-refractivity contribution in [3.63, 3.8) is 0 Å². The molecule has 0 unspecified atom stereocenters. The Balaban J connectivity index is 0.00000162. The van der Waals surface area contributed by atoms with Gasteiger partial charge in [-0.15, -0.1) is 24.8 Å². The Morgan fingerprint density at radius 2 is 1.95 bits per heavy atom. The second-order valence-electron chi connectivity index (χ2n) is 4.26. The molecule has 2 rings (SSSR count). The van der Waals surface area contributed by atoms with Crippen LogP contribution < -0.4 is 5.32 Å². The van der Waals surface area contributed by atoms with Crippen molar-refractivity contribution in [1.82, 2.24) is 10.2 Å². The van der Waals surface area contributed by atoms with E-state index in [0.29, 0.717) is 0 Å². The third kappa shape index (κ3) is 7.35. The lowest BCUT2D eigenvalue weighted by atomic mass is 10.2. The molecule has 1 aromatic carbocycles. The molecule has 19 heavy (non-hydrogen) atoms. The van der Waals surface area contributed by atoms with Gasteiger partial charge in [-0.3, -0.25) is 4.90 Å². The molecule has 3 nitrogen and oxygen atoms in total. The minimum atomic E-state index is 0. The summed E-state index contributed by atoms with van der Waals surface area (Å²) in [5.41, 5.74) is 1.24. The van der Waals surface area contributed by atoms with Crippen LogP contribution in [0.1, 0.15) is 5.56 Å². The molecule has 110 valence electrons. The van der Waals surface area contributed by atoms with Crippen LogP contribution in [-0.4, -0.2) is 44.3 Å². The average molecular weight is 328 g/mol. The molecule has 1 aromatic rings. The van der Waals surface area contributed by atoms with Gasteiger partial charge in [0.2, 0.25) is 0 Å². The van der Waals surface area contributed by atoms with E-state index < -0.39 is 0 Å². The summed E-state index contributed by atoms with van der Waals surface area (Å²) < 4.78 is 5.31. The quantitative estimate of drug-likeness (QED) is 0.841. The van der Waals surface area contributed by atoms with Crippen molar-refractivity contribution in [2.45, 2.75) is 6.54 Å². The molecular weight excluding hydrogens is 307 g/mol. The van der Waals surface area contributed by atoms with Gasteiger partial charge in [0.05, 0.1) is 13.2 Å². The number of hydrogen-bond acceptors (Lipinski definition) is 3. The number of morpholine rings is 1. The van der Waals surface area contributed by atoms with Gasteiger partial charge in [0.25, 0.3) is 0 Å². The molecule has 0 spiro atoms. The van der Waals surface area contributed by atoms with Gasteiger partial charge in [0.15, 0.2) is 0 Å². The van der Waals surface area contributed by atoms with Crippen LogP contribution in [0.4, 0.5) is 0 Å². The fourth-order valence-corrected chi connectivity index (χ4v) is 2.15. The lowest BCUT2D eigenvalue weighted by Crippen LogP contribution is -2.40. The Morgan fingerprint density at radius 1 is 1.21 bits per heavy atom. The van der Waals surface area contributed by atoms with Crippen molar-refractivity contribution in [2.24, 2.45) is 0 Å². The first kappa shape index (κ1) is 19.0. The number of halogens is 3. The number of nitrogens with one attached hydrogen (secondary N) is 1. The van der Waals surface area contributed by atoms with E-state index in [4.69, 9.17) is 16.3 Å². The third-order valence-electron chi connectivity index (χ3n) is 2.93. The van der Waals surface area contributed by atoms with E-state index >= 15 is 0 Å². The van der Waals surface area contributed by atoms with Crippen LogP contribution in [0.15, 0.2) is 24.3 Å². The first-order chi connectivity index (χ1) is 8.34. The first-order valence-electron chi connectivity index (χ1n) is 6.10. The summed E-state index contributed by atoms with van der Waals surface area (Å²) in [7, 11) is 0. The molecule has 1 N–H and O–H groups in total. The maximum absolute atomic E-state index is 5.93. The van der Waals surface area contributed by atoms with Crippen LogP contribution in [0.5, 0.6) is 0 Å². The van der Waals surface area contributed by atoms with Crippen LogP contribution in [0.25, 0.3) is 0 Å². The second kappa shape index (κ2) is 10.7. The summed E-state index contributed by atoms with van der Waals surface area (Å²) >= 11 is 5.93. The van der Waals surface area contributed by atoms with E-state index in [-0.39, 0.29) is 24.8 Å². The molecule has 1 saturated heterocycles. The Labute approximate surface area is 132 Å². The molecule has 6 heteroatoms. The minimum absolute atomic E-state index is 0. The van der Waals surface area contributed by atoms with E-state index in [1.165, 1.54) is 5.56 Å². The van der Waals surface area contributed by atoms with E-state index in [9.17, 15) is 0 Å². The van der Waals surface area contributed by atoms with Gasteiger partial charge in [-0.05, 0) is 17.7 Å². The number of ether oxygens (including phenoxy) is 1. The molecule has 0 amide bonds. The highest BCUT2D eigenvalue weighted by atomic mass is 35.5. The fraction of sp³-hybridized carbons (Fsp3) is 0.538. The van der Waals surface area contributed by atoms with Crippen molar-refractivity contribution in [2.75, 3.05) is 39.4 Å². The average Bonchev–Trinajstić information content (AvgIpc) is 2.36. The Hall–Kier alpha value is -0.0300. The van der Waals surface area contributed by atoms with E-state index in [1.54, 1.807) is 0 Å². The molecule has 1 heterocycles. The third-order valence-corrected chi connectivity index (χ3v) is 3.16. The Morgan fingerprint density at radius 3 is 2.63 bits per heavy atom. The van der Waals surface area contributed by atoms with Gasteiger partial charge < -0.3 is 10.1 Å². The zero-order valence-corrected chi connectivity index (χ0v) is 13.2. The van der Waals surface area contributed by atoms with Crippen molar-refractivity contribution < 1.29 is 4.74 Å². The summed E-state index contributed by atoms with van der Waals surface area (Å²) in [4.78, 5) is 2.43. The van der Waals surface area contributed by atoms with Gasteiger partial charge in [-0.25, -0.2) is 0 Å². The van der Waals surface area contributed by atoms with E-state index in [0.717, 1.165) is 51.0 Å². The smallest absolute Gasteiger partial charge is 0.0594 e. The predicted octanol–water partition coefficient (Wildman–Crippen LogP) is 2.61. The van der Waals surface area contributed by atoms with Crippen molar-refractivity contribution in [3.8, 4) is 0 Å². The second-order valence-corrected chi connectivity index (χ2v) is 4.70. The van der Waals surface area contributed by atoms with Crippen molar-refractivity contribution >= 4 is 36.4 Å². The maximum Gasteiger partial charge on any atom is 0.0594 e. The maximum atomic E-state index is 5.93. The Bertz CT molecular complexity index is 346. The zero-order chi connectivity index (χ0) is 11.9. The SMILES string of the molecule is Cl.Cl.Clc1cccc(CNCCN2CCOCC2)c1. The molecule has 1 fully saturated rings. The minimum Gasteiger partial charge on any atom is -0.379 e. The molecule has 0 aliphatic carbocycles. The van der Waals surface area contributed by atoms with Crippen LogP contribution >= 0.6 is 36.4 Å². The monoisotopic (exact) mass is 326 g/mol. The molecule has 0 atom stereocenters. The Kier molecular flexibility index (Phi) is 10.7. The lowest BCUT2D eigenvalue weighted by molar-refractivity contribution is 0.0384. The lowest BCUT2D eigenvalue weighted by Gasteiger charge is -2.26. The molecule has 0 bridgehead atoms. The molecule has 0 saturated carbocycles. The van der Waals surface area contributed by atoms with Gasteiger partial charge in [-0.2, -0.15) is 0 Å². The topological polar surface area (TPSA) is 24.5 Å². The van der Waals surface area contributed by atoms with Crippen LogP contribution in [0.3, 0.4) is 0 Å². The molecule has 1 aliphatic rings. The van der Waals surface area contributed by atoms with E-state index in [2.05, 4.69) is 16.3 Å². The van der Waals surface area contributed by atoms with Gasteiger partial charge >= 0.3 is 0 Å². The molecular formula is C13H21Cl3N2O. The number of rotatable bonds is 5. The van der Waals surface area contributed by atoms with E-state index in [1.807, 2.05) is 18.2 Å². The molecule has 0 aromatic heterocycles. The standard InChI is InChI=1S/C13H19ClN2O.2ClH/c14-13-3-1-2-12(10-13)11-15-4-5-16-6-8-17-9-7-16;;/h1-3,10,15H,4-9,11H2;2*1H. The highest BCUT2D eigenvalue weighted by molar-refractivity contribution is 6.30. The highest BCUT2D eigenvalue weighted by Gasteiger charge is 2.08. The fourth-order valence-electron chi connectivity index (χ4n) is 1.94. The first-order valence-corrected chi connectivity index (χ1v) is 6.48. The van der Waals surface area contributed by atoms with Crippen LogP contribution in [-0.2, 0) is 11.3 Å². The van der Waals surface area contributed by atoms with Crippen LogP contribution in [0, 0.1) is 0 Å². The van der Waals surface area contributed by atoms with Crippen molar-refractivity contribution in [3.05, 3.63) is 34.9 Å². The van der Waals surface area contributed by atoms with Gasteiger partial charge in [-0.1, -0.05) is 23.7 Å². The van der Waals surface area contributed by atoms with Crippen molar-refractivity contribution in [1.29, 1.82) is 0 Å². The summed E-state index contributed by atoms with van der Waals surface area (Å²) in [6.07, 6.45) is 0. The zero-order valence-electron chi connectivity index (χ0n) is 10.8. The van der Waals surface area contributed by atoms with Gasteiger partial charge in [0, 0.05) is 37.7 Å². The van der Waals surface area contributed by atoms with Gasteiger partial charge in [0.1, 0.15) is 0 Å². The summed E-state index contributed by atoms with van der Waals surface area (Å²) in [6, 6.07) is 7.98. The summed E-state index contributed by atoms with van der Waals surface area (Å²) in [5, 5.41) is 4.24. The largest absolute Gasteiger partial charge is 0.379 e.